The Morgan fingerprint density at radius 3 is 2.56 bits per heavy atom. The van der Waals surface area contributed by atoms with Gasteiger partial charge in [0.25, 0.3) is 0 Å². The van der Waals surface area contributed by atoms with Gasteiger partial charge in [-0.15, -0.1) is 0 Å². The third kappa shape index (κ3) is 2.57. The Morgan fingerprint density at radius 1 is 1.33 bits per heavy atom. The number of nitrogens with one attached hydrogen (secondary N) is 2. The molecular weight excluding hydrogens is 239 g/mol. The van der Waals surface area contributed by atoms with Gasteiger partial charge in [0.05, 0.1) is 0 Å². The Hall–Kier alpha value is -2.57. The van der Waals surface area contributed by atoms with Crippen molar-refractivity contribution in [3.63, 3.8) is 0 Å². The lowest BCUT2D eigenvalue weighted by molar-refractivity contribution is 0.262. The van der Waals surface area contributed by atoms with Crippen molar-refractivity contribution in [2.24, 2.45) is 0 Å². The van der Waals surface area contributed by atoms with Crippen LogP contribution in [0.15, 0.2) is 28.8 Å². The SMILES string of the molecule is Cc1noc(N)c1NC(=O)Nc1ccc(F)cc1. The molecule has 0 aliphatic rings. The molecule has 0 bridgehead atoms. The molecule has 1 aromatic heterocycles. The molecule has 0 unspecified atom stereocenters. The average molecular weight is 250 g/mol. The number of hydrogen-bond donors (Lipinski definition) is 3. The second kappa shape index (κ2) is 4.74. The molecule has 0 spiro atoms. The number of benzene rings is 1. The van der Waals surface area contributed by atoms with Crippen molar-refractivity contribution >= 4 is 23.3 Å². The summed E-state index contributed by atoms with van der Waals surface area (Å²) in [6, 6.07) is 4.86. The maximum absolute atomic E-state index is 12.7. The van der Waals surface area contributed by atoms with Crippen LogP contribution in [0, 0.1) is 12.7 Å². The molecule has 7 heteroatoms. The molecule has 18 heavy (non-hydrogen) atoms. The molecule has 0 saturated carbocycles. The van der Waals surface area contributed by atoms with Gasteiger partial charge in [0, 0.05) is 5.69 Å². The van der Waals surface area contributed by atoms with E-state index >= 15 is 0 Å². The Kier molecular flexibility index (Phi) is 3.13. The molecule has 4 N–H and O–H groups in total. The summed E-state index contributed by atoms with van der Waals surface area (Å²) in [5, 5.41) is 8.61. The van der Waals surface area contributed by atoms with Crippen LogP contribution in [0.2, 0.25) is 0 Å². The predicted octanol–water partition coefficient (Wildman–Crippen LogP) is 2.35. The number of nitrogens with two attached hydrogens (primary N) is 1. The van der Waals surface area contributed by atoms with Crippen molar-refractivity contribution in [2.75, 3.05) is 16.4 Å². The number of anilines is 3. The molecule has 2 rings (SSSR count). The van der Waals surface area contributed by atoms with E-state index in [-0.39, 0.29) is 11.7 Å². The number of amides is 2. The van der Waals surface area contributed by atoms with E-state index in [1.54, 1.807) is 6.92 Å². The zero-order chi connectivity index (χ0) is 13.1. The van der Waals surface area contributed by atoms with Gasteiger partial charge in [0.1, 0.15) is 17.2 Å². The van der Waals surface area contributed by atoms with Gasteiger partial charge < -0.3 is 20.9 Å². The number of aryl methyl sites for hydroxylation is 1. The first kappa shape index (κ1) is 11.9. The normalized spacial score (nSPS) is 10.1. The molecule has 0 saturated heterocycles. The van der Waals surface area contributed by atoms with Crippen LogP contribution in [-0.4, -0.2) is 11.2 Å². The maximum atomic E-state index is 12.7. The molecule has 0 aliphatic carbocycles. The van der Waals surface area contributed by atoms with E-state index in [1.165, 1.54) is 24.3 Å². The summed E-state index contributed by atoms with van der Waals surface area (Å²) in [7, 11) is 0. The molecule has 0 radical (unpaired) electrons. The van der Waals surface area contributed by atoms with Gasteiger partial charge in [0.15, 0.2) is 0 Å². The highest BCUT2D eigenvalue weighted by atomic mass is 19.1. The minimum atomic E-state index is -0.514. The predicted molar refractivity (Wildman–Crippen MR) is 64.7 cm³/mol. The average Bonchev–Trinajstić information content (AvgIpc) is 2.64. The van der Waals surface area contributed by atoms with E-state index in [4.69, 9.17) is 10.3 Å². The second-order valence-electron chi connectivity index (χ2n) is 3.59. The van der Waals surface area contributed by atoms with Crippen LogP contribution >= 0.6 is 0 Å². The van der Waals surface area contributed by atoms with Crippen LogP contribution in [0.3, 0.4) is 0 Å². The number of halogens is 1. The van der Waals surface area contributed by atoms with E-state index in [2.05, 4.69) is 15.8 Å². The fourth-order valence-corrected chi connectivity index (χ4v) is 1.35. The maximum Gasteiger partial charge on any atom is 0.323 e. The molecule has 0 aliphatic heterocycles. The van der Waals surface area contributed by atoms with Crippen LogP contribution in [0.5, 0.6) is 0 Å². The summed E-state index contributed by atoms with van der Waals surface area (Å²) >= 11 is 0. The fraction of sp³-hybridized carbons (Fsp3) is 0.0909. The summed E-state index contributed by atoms with van der Waals surface area (Å²) in [5.41, 5.74) is 6.73. The van der Waals surface area contributed by atoms with Crippen LogP contribution in [0.1, 0.15) is 5.69 Å². The number of carbonyl (C=O) groups excluding carboxylic acids is 1. The van der Waals surface area contributed by atoms with Gasteiger partial charge in [-0.2, -0.15) is 0 Å². The quantitative estimate of drug-likeness (QED) is 0.762. The number of nitrogens with zero attached hydrogens (tertiary/aromatic N) is 1. The number of aromatic nitrogens is 1. The highest BCUT2D eigenvalue weighted by molar-refractivity contribution is 6.01. The zero-order valence-electron chi connectivity index (χ0n) is 9.53. The number of nitrogen functional groups attached to an aromatic ring is 1. The summed E-state index contributed by atoms with van der Waals surface area (Å²) < 4.78 is 17.4. The highest BCUT2D eigenvalue weighted by Gasteiger charge is 2.12. The first-order valence-corrected chi connectivity index (χ1v) is 5.11. The second-order valence-corrected chi connectivity index (χ2v) is 3.59. The van der Waals surface area contributed by atoms with Gasteiger partial charge in [-0.25, -0.2) is 9.18 Å². The lowest BCUT2D eigenvalue weighted by Gasteiger charge is -2.06. The zero-order valence-corrected chi connectivity index (χ0v) is 9.53. The van der Waals surface area contributed by atoms with Crippen LogP contribution in [0.4, 0.5) is 26.4 Å². The largest absolute Gasteiger partial charge is 0.366 e. The molecule has 6 nitrogen and oxygen atoms in total. The minimum Gasteiger partial charge on any atom is -0.366 e. The molecule has 94 valence electrons. The molecule has 1 aromatic carbocycles. The molecular formula is C11H11FN4O2. The van der Waals surface area contributed by atoms with Crippen LogP contribution in [-0.2, 0) is 0 Å². The van der Waals surface area contributed by atoms with E-state index in [9.17, 15) is 9.18 Å². The van der Waals surface area contributed by atoms with E-state index in [1.807, 2.05) is 0 Å². The molecule has 2 aromatic rings. The Bertz CT molecular complexity index is 545. The summed E-state index contributed by atoms with van der Waals surface area (Å²) in [5.74, 6) is -0.346. The standard InChI is InChI=1S/C11H11FN4O2/c1-6-9(10(13)18-16-6)15-11(17)14-8-4-2-7(12)3-5-8/h2-5H,13H2,1H3,(H2,14,15,17). The lowest BCUT2D eigenvalue weighted by atomic mass is 10.3. The summed E-state index contributed by atoms with van der Waals surface area (Å²) in [6.07, 6.45) is 0. The van der Waals surface area contributed by atoms with Gasteiger partial charge in [0.2, 0.25) is 5.88 Å². The Balaban J connectivity index is 2.03. The van der Waals surface area contributed by atoms with E-state index in [0.29, 0.717) is 17.1 Å². The van der Waals surface area contributed by atoms with Gasteiger partial charge in [-0.1, -0.05) is 5.16 Å². The highest BCUT2D eigenvalue weighted by Crippen LogP contribution is 2.22. The molecule has 0 atom stereocenters. The van der Waals surface area contributed by atoms with E-state index in [0.717, 1.165) is 0 Å². The first-order valence-electron chi connectivity index (χ1n) is 5.11. The number of carbonyl (C=O) groups is 1. The van der Waals surface area contributed by atoms with E-state index < -0.39 is 6.03 Å². The first-order chi connectivity index (χ1) is 8.56. The van der Waals surface area contributed by atoms with Gasteiger partial charge >= 0.3 is 6.03 Å². The van der Waals surface area contributed by atoms with Crippen molar-refractivity contribution in [1.82, 2.24) is 5.16 Å². The van der Waals surface area contributed by atoms with Crippen molar-refractivity contribution in [2.45, 2.75) is 6.92 Å². The van der Waals surface area contributed by atoms with Crippen LogP contribution < -0.4 is 16.4 Å². The third-order valence-corrected chi connectivity index (χ3v) is 2.23. The Labute approximate surface area is 102 Å². The minimum absolute atomic E-state index is 0.0294. The topological polar surface area (TPSA) is 93.2 Å². The smallest absolute Gasteiger partial charge is 0.323 e. The molecule has 0 fully saturated rings. The summed E-state index contributed by atoms with van der Waals surface area (Å²) in [6.45, 7) is 1.65. The monoisotopic (exact) mass is 250 g/mol. The van der Waals surface area contributed by atoms with Crippen molar-refractivity contribution in [3.8, 4) is 0 Å². The van der Waals surface area contributed by atoms with Crippen molar-refractivity contribution in [3.05, 3.63) is 35.8 Å². The Morgan fingerprint density at radius 2 is 2.00 bits per heavy atom. The molecule has 1 heterocycles. The van der Waals surface area contributed by atoms with Crippen molar-refractivity contribution < 1.29 is 13.7 Å². The summed E-state index contributed by atoms with van der Waals surface area (Å²) in [4.78, 5) is 11.6. The number of rotatable bonds is 2. The number of urea groups is 1. The van der Waals surface area contributed by atoms with Gasteiger partial charge in [-0.3, -0.25) is 0 Å². The van der Waals surface area contributed by atoms with Crippen LogP contribution in [0.25, 0.3) is 0 Å². The van der Waals surface area contributed by atoms with Gasteiger partial charge in [-0.05, 0) is 31.2 Å². The third-order valence-electron chi connectivity index (χ3n) is 2.23. The number of hydrogen-bond acceptors (Lipinski definition) is 4. The molecule has 2 amide bonds. The lowest BCUT2D eigenvalue weighted by Crippen LogP contribution is -2.20. The van der Waals surface area contributed by atoms with Crippen molar-refractivity contribution in [1.29, 1.82) is 0 Å². The fourth-order valence-electron chi connectivity index (χ4n) is 1.35.